The van der Waals surface area contributed by atoms with Gasteiger partial charge in [-0.05, 0) is 31.4 Å². The summed E-state index contributed by atoms with van der Waals surface area (Å²) in [5.41, 5.74) is 7.53. The van der Waals surface area contributed by atoms with E-state index >= 15 is 0 Å². The lowest BCUT2D eigenvalue weighted by Gasteiger charge is -2.44. The van der Waals surface area contributed by atoms with Crippen molar-refractivity contribution in [1.29, 1.82) is 0 Å². The molecule has 0 bridgehead atoms. The highest BCUT2D eigenvalue weighted by Crippen LogP contribution is 2.36. The summed E-state index contributed by atoms with van der Waals surface area (Å²) in [5.74, 6) is 0.196. The number of likely N-dealkylation sites (tertiary alicyclic amines) is 1. The van der Waals surface area contributed by atoms with Crippen LogP contribution in [0.25, 0.3) is 0 Å². The Kier molecular flexibility index (Phi) is 4.58. The molecule has 4 N–H and O–H groups in total. The lowest BCUT2D eigenvalue weighted by Crippen LogP contribution is -2.59. The van der Waals surface area contributed by atoms with Gasteiger partial charge in [0.2, 0.25) is 11.8 Å². The number of nitrogens with zero attached hydrogens (tertiary/aromatic N) is 1. The van der Waals surface area contributed by atoms with Crippen LogP contribution in [0.3, 0.4) is 0 Å². The van der Waals surface area contributed by atoms with Crippen LogP contribution < -0.4 is 21.5 Å². The number of amides is 2. The van der Waals surface area contributed by atoms with E-state index in [1.807, 2.05) is 29.2 Å². The zero-order chi connectivity index (χ0) is 18.1. The Balaban J connectivity index is 1.43. The summed E-state index contributed by atoms with van der Waals surface area (Å²) >= 11 is 0. The molecule has 3 heterocycles. The molecule has 0 aliphatic carbocycles. The smallest absolute Gasteiger partial charge is 0.250 e. The number of fused-ring (bicyclic) bond motifs is 1. The van der Waals surface area contributed by atoms with Crippen LogP contribution in [-0.4, -0.2) is 47.9 Å². The molecular weight excluding hydrogens is 330 g/mol. The maximum Gasteiger partial charge on any atom is 0.250 e. The first-order chi connectivity index (χ1) is 12.6. The fraction of sp³-hybridized carbons (Fsp3) is 0.579. The van der Waals surface area contributed by atoms with E-state index in [9.17, 15) is 9.59 Å². The fourth-order valence-corrected chi connectivity index (χ4v) is 4.34. The van der Waals surface area contributed by atoms with Crippen LogP contribution in [0.1, 0.15) is 32.6 Å². The molecule has 26 heavy (non-hydrogen) atoms. The molecule has 2 fully saturated rings. The average molecular weight is 357 g/mol. The molecule has 2 atom stereocenters. The predicted octanol–water partition coefficient (Wildman–Crippen LogP) is 1.30. The second-order valence-corrected chi connectivity index (χ2v) is 7.56. The Morgan fingerprint density at radius 1 is 1.23 bits per heavy atom. The van der Waals surface area contributed by atoms with Crippen LogP contribution in [0.2, 0.25) is 0 Å². The molecule has 0 radical (unpaired) electrons. The van der Waals surface area contributed by atoms with Crippen molar-refractivity contribution in [1.82, 2.24) is 15.8 Å². The van der Waals surface area contributed by atoms with E-state index in [2.05, 4.69) is 28.4 Å². The number of piperidine rings is 1. The van der Waals surface area contributed by atoms with Crippen molar-refractivity contribution in [3.8, 4) is 0 Å². The summed E-state index contributed by atoms with van der Waals surface area (Å²) in [4.78, 5) is 27.6. The number of hydrogen-bond donors (Lipinski definition) is 4. The minimum absolute atomic E-state index is 0.0105. The van der Waals surface area contributed by atoms with Gasteiger partial charge in [-0.1, -0.05) is 25.5 Å². The Bertz CT molecular complexity index is 699. The third-order valence-corrected chi connectivity index (χ3v) is 5.92. The molecule has 3 aliphatic heterocycles. The zero-order valence-electron chi connectivity index (χ0n) is 15.2. The highest BCUT2D eigenvalue weighted by Gasteiger charge is 2.46. The largest absolute Gasteiger partial charge is 0.369 e. The first-order valence-corrected chi connectivity index (χ1v) is 9.59. The van der Waals surface area contributed by atoms with Crippen molar-refractivity contribution in [2.24, 2.45) is 5.92 Å². The van der Waals surface area contributed by atoms with E-state index in [0.29, 0.717) is 32.5 Å². The number of carbonyl (C=O) groups excluding carboxylic acids is 2. The molecule has 0 saturated carbocycles. The average Bonchev–Trinajstić information content (AvgIpc) is 3.11. The summed E-state index contributed by atoms with van der Waals surface area (Å²) < 4.78 is 0. The van der Waals surface area contributed by atoms with Crippen molar-refractivity contribution in [2.45, 2.75) is 44.2 Å². The molecule has 2 unspecified atom stereocenters. The van der Waals surface area contributed by atoms with Gasteiger partial charge in [-0.15, -0.1) is 0 Å². The Hall–Kier alpha value is -2.12. The van der Waals surface area contributed by atoms with E-state index < -0.39 is 5.54 Å². The van der Waals surface area contributed by atoms with Gasteiger partial charge in [0.15, 0.2) is 0 Å². The maximum atomic E-state index is 13.0. The van der Waals surface area contributed by atoms with Gasteiger partial charge in [-0.3, -0.25) is 20.4 Å². The molecule has 1 aromatic rings. The third kappa shape index (κ3) is 2.95. The van der Waals surface area contributed by atoms with Crippen LogP contribution >= 0.6 is 0 Å². The Labute approximate surface area is 153 Å². The number of hydrogen-bond acceptors (Lipinski definition) is 5. The van der Waals surface area contributed by atoms with Gasteiger partial charge < -0.3 is 15.5 Å². The fourth-order valence-electron chi connectivity index (χ4n) is 4.34. The van der Waals surface area contributed by atoms with Crippen LogP contribution in [0.5, 0.6) is 0 Å². The second kappa shape index (κ2) is 6.89. The lowest BCUT2D eigenvalue weighted by atomic mass is 9.83. The molecule has 140 valence electrons. The predicted molar refractivity (Wildman–Crippen MR) is 101 cm³/mol. The molecule has 2 amide bonds. The molecule has 1 spiro atoms. The topological polar surface area (TPSA) is 85.5 Å². The minimum atomic E-state index is -0.611. The molecule has 0 aromatic heterocycles. The molecular formula is C19H27N5O2. The van der Waals surface area contributed by atoms with Crippen LogP contribution in [0, 0.1) is 5.92 Å². The quantitative estimate of drug-likeness (QED) is 0.655. The van der Waals surface area contributed by atoms with E-state index in [4.69, 9.17) is 0 Å². The summed E-state index contributed by atoms with van der Waals surface area (Å²) in [5, 5.41) is 6.46. The van der Waals surface area contributed by atoms with Gasteiger partial charge in [0.05, 0.1) is 17.3 Å². The van der Waals surface area contributed by atoms with Crippen molar-refractivity contribution in [3.05, 3.63) is 24.3 Å². The number of nitrogens with one attached hydrogen (secondary N) is 4. The van der Waals surface area contributed by atoms with Gasteiger partial charge in [0, 0.05) is 25.7 Å². The summed E-state index contributed by atoms with van der Waals surface area (Å²) in [7, 11) is 0. The van der Waals surface area contributed by atoms with Gasteiger partial charge in [0.1, 0.15) is 5.54 Å². The summed E-state index contributed by atoms with van der Waals surface area (Å²) in [6, 6.07) is 7.96. The van der Waals surface area contributed by atoms with E-state index in [1.54, 1.807) is 0 Å². The molecule has 1 aromatic carbocycles. The zero-order valence-corrected chi connectivity index (χ0v) is 15.2. The molecule has 4 rings (SSSR count). The van der Waals surface area contributed by atoms with Crippen molar-refractivity contribution in [2.75, 3.05) is 30.3 Å². The molecule has 7 nitrogen and oxygen atoms in total. The van der Waals surface area contributed by atoms with Crippen LogP contribution in [-0.2, 0) is 9.59 Å². The normalized spacial score (nSPS) is 27.0. The van der Waals surface area contributed by atoms with Gasteiger partial charge in [-0.25, -0.2) is 0 Å². The van der Waals surface area contributed by atoms with Crippen LogP contribution in [0.15, 0.2) is 24.3 Å². The monoisotopic (exact) mass is 357 g/mol. The molecule has 7 heteroatoms. The Morgan fingerprint density at radius 3 is 2.69 bits per heavy atom. The lowest BCUT2D eigenvalue weighted by molar-refractivity contribution is -0.138. The summed E-state index contributed by atoms with van der Waals surface area (Å²) in [6.45, 7) is 4.03. The standard InChI is InChI=1S/C19H27N5O2/c1-2-5-14-13(12-20-23-14)17(25)24-10-8-19(9-11-24)18(26)21-15-6-3-4-7-16(15)22-19/h3-4,6-7,13-14,20,22-23H,2,5,8-12H2,1H3,(H,21,26). The Morgan fingerprint density at radius 2 is 1.96 bits per heavy atom. The minimum Gasteiger partial charge on any atom is -0.369 e. The van der Waals surface area contributed by atoms with E-state index in [0.717, 1.165) is 24.2 Å². The van der Waals surface area contributed by atoms with Gasteiger partial charge in [0.25, 0.3) is 0 Å². The number of anilines is 2. The highest BCUT2D eigenvalue weighted by molar-refractivity contribution is 6.06. The van der Waals surface area contributed by atoms with Gasteiger partial charge in [-0.2, -0.15) is 0 Å². The third-order valence-electron chi connectivity index (χ3n) is 5.92. The van der Waals surface area contributed by atoms with E-state index in [1.165, 1.54) is 0 Å². The second-order valence-electron chi connectivity index (χ2n) is 7.56. The highest BCUT2D eigenvalue weighted by atomic mass is 16.2. The van der Waals surface area contributed by atoms with Crippen molar-refractivity contribution < 1.29 is 9.59 Å². The van der Waals surface area contributed by atoms with Crippen molar-refractivity contribution in [3.63, 3.8) is 0 Å². The summed E-state index contributed by atoms with van der Waals surface area (Å²) in [6.07, 6.45) is 3.30. The first-order valence-electron chi connectivity index (χ1n) is 9.59. The first kappa shape index (κ1) is 17.3. The number of hydrazine groups is 1. The van der Waals surface area contributed by atoms with Gasteiger partial charge >= 0.3 is 0 Å². The number of carbonyl (C=O) groups is 2. The van der Waals surface area contributed by atoms with Crippen molar-refractivity contribution >= 4 is 23.2 Å². The van der Waals surface area contributed by atoms with E-state index in [-0.39, 0.29) is 23.8 Å². The number of rotatable bonds is 3. The SMILES string of the molecule is CCCC1NNCC1C(=O)N1CCC2(CC1)Nc1ccccc1NC2=O. The maximum absolute atomic E-state index is 13.0. The number of para-hydroxylation sites is 2. The van der Waals surface area contributed by atoms with Crippen LogP contribution in [0.4, 0.5) is 11.4 Å². The molecule has 2 saturated heterocycles. The number of benzene rings is 1. The molecule has 3 aliphatic rings.